The van der Waals surface area contributed by atoms with Crippen LogP contribution in [0.4, 0.5) is 0 Å². The van der Waals surface area contributed by atoms with Gasteiger partial charge in [-0.15, -0.1) is 10.2 Å². The van der Waals surface area contributed by atoms with E-state index in [1.165, 1.54) is 11.2 Å². The van der Waals surface area contributed by atoms with Gasteiger partial charge < -0.3 is 5.32 Å². The van der Waals surface area contributed by atoms with E-state index in [2.05, 4.69) is 27.7 Å². The molecule has 0 saturated carbocycles. The molecule has 1 aliphatic rings. The fraction of sp³-hybridized carbons (Fsp3) is 0.889. The lowest BCUT2D eigenvalue weighted by atomic mass is 9.91. The summed E-state index contributed by atoms with van der Waals surface area (Å²) < 4.78 is 0. The average Bonchev–Trinajstić information content (AvgIpc) is 2.75. The number of nitrogens with one attached hydrogen (secondary N) is 1. The Morgan fingerprint density at radius 2 is 2.43 bits per heavy atom. The maximum atomic E-state index is 4.32. The fourth-order valence-corrected chi connectivity index (χ4v) is 2.22. The molecule has 14 heavy (non-hydrogen) atoms. The second-order valence-electron chi connectivity index (χ2n) is 3.96. The molecular weight excluding hydrogens is 178 g/mol. The molecule has 5 heteroatoms. The van der Waals surface area contributed by atoms with Crippen molar-refractivity contribution in [3.05, 3.63) is 5.82 Å². The Bertz CT molecular complexity index is 300. The molecule has 1 atom stereocenters. The predicted octanol–water partition coefficient (Wildman–Crippen LogP) is 0.589. The number of hydrogen-bond donors (Lipinski definition) is 1. The highest BCUT2D eigenvalue weighted by molar-refractivity contribution is 5.06. The summed E-state index contributed by atoms with van der Waals surface area (Å²) in [7, 11) is 1.81. The highest BCUT2D eigenvalue weighted by Gasteiger charge is 2.38. The normalized spacial score (nSPS) is 27.0. The van der Waals surface area contributed by atoms with Crippen LogP contribution < -0.4 is 5.32 Å². The standard InChI is InChI=1S/C9H17N5/c1-3-5-9(6-4-7-10-9)8-11-13-14(2)12-8/h10H,3-7H2,1-2H3. The van der Waals surface area contributed by atoms with Gasteiger partial charge in [0.15, 0.2) is 5.82 Å². The molecule has 0 bridgehead atoms. The molecule has 0 aliphatic carbocycles. The lowest BCUT2D eigenvalue weighted by molar-refractivity contribution is 0.333. The summed E-state index contributed by atoms with van der Waals surface area (Å²) in [4.78, 5) is 1.53. The Balaban J connectivity index is 2.26. The van der Waals surface area contributed by atoms with Gasteiger partial charge >= 0.3 is 0 Å². The van der Waals surface area contributed by atoms with Crippen molar-refractivity contribution in [2.45, 2.75) is 38.1 Å². The SMILES string of the molecule is CCCC1(c2nnn(C)n2)CCCN1. The maximum absolute atomic E-state index is 4.32. The minimum atomic E-state index is 0.00299. The molecule has 0 radical (unpaired) electrons. The fourth-order valence-electron chi connectivity index (χ4n) is 2.22. The number of hydrogen-bond acceptors (Lipinski definition) is 4. The minimum absolute atomic E-state index is 0.00299. The van der Waals surface area contributed by atoms with E-state index < -0.39 is 0 Å². The molecule has 78 valence electrons. The van der Waals surface area contributed by atoms with Gasteiger partial charge in [0.2, 0.25) is 0 Å². The predicted molar refractivity (Wildman–Crippen MR) is 52.6 cm³/mol. The molecule has 2 heterocycles. The van der Waals surface area contributed by atoms with Crippen LogP contribution in [0.3, 0.4) is 0 Å². The van der Waals surface area contributed by atoms with E-state index in [1.54, 1.807) is 0 Å². The monoisotopic (exact) mass is 195 g/mol. The number of tetrazole rings is 1. The van der Waals surface area contributed by atoms with Gasteiger partial charge in [-0.05, 0) is 31.0 Å². The molecular formula is C9H17N5. The highest BCUT2D eigenvalue weighted by Crippen LogP contribution is 2.32. The Morgan fingerprint density at radius 3 is 2.93 bits per heavy atom. The van der Waals surface area contributed by atoms with E-state index in [1.807, 2.05) is 7.05 Å². The van der Waals surface area contributed by atoms with Crippen molar-refractivity contribution < 1.29 is 0 Å². The highest BCUT2D eigenvalue weighted by atomic mass is 15.6. The van der Waals surface area contributed by atoms with Crippen LogP contribution in [-0.2, 0) is 12.6 Å². The average molecular weight is 195 g/mol. The summed E-state index contributed by atoms with van der Waals surface area (Å²) in [5.41, 5.74) is 0.00299. The molecule has 1 fully saturated rings. The van der Waals surface area contributed by atoms with Gasteiger partial charge in [-0.3, -0.25) is 0 Å². The Kier molecular flexibility index (Phi) is 2.50. The molecule has 1 aliphatic heterocycles. The van der Waals surface area contributed by atoms with Gasteiger partial charge in [-0.25, -0.2) is 0 Å². The smallest absolute Gasteiger partial charge is 0.194 e. The van der Waals surface area contributed by atoms with Crippen molar-refractivity contribution in [1.29, 1.82) is 0 Å². The molecule has 1 N–H and O–H groups in total. The zero-order valence-electron chi connectivity index (χ0n) is 8.82. The van der Waals surface area contributed by atoms with Crippen molar-refractivity contribution in [3.8, 4) is 0 Å². The van der Waals surface area contributed by atoms with E-state index in [0.717, 1.165) is 31.6 Å². The number of rotatable bonds is 3. The van der Waals surface area contributed by atoms with E-state index in [4.69, 9.17) is 0 Å². The van der Waals surface area contributed by atoms with Crippen molar-refractivity contribution >= 4 is 0 Å². The third-order valence-electron chi connectivity index (χ3n) is 2.86. The van der Waals surface area contributed by atoms with Gasteiger partial charge in [0, 0.05) is 0 Å². The topological polar surface area (TPSA) is 55.6 Å². The van der Waals surface area contributed by atoms with Gasteiger partial charge in [-0.2, -0.15) is 4.80 Å². The third-order valence-corrected chi connectivity index (χ3v) is 2.86. The van der Waals surface area contributed by atoms with Gasteiger partial charge in [-0.1, -0.05) is 13.3 Å². The molecule has 2 rings (SSSR count). The molecule has 0 amide bonds. The van der Waals surface area contributed by atoms with Crippen LogP contribution in [0.2, 0.25) is 0 Å². The number of aryl methyl sites for hydroxylation is 1. The van der Waals surface area contributed by atoms with E-state index in [-0.39, 0.29) is 5.54 Å². The molecule has 0 aromatic carbocycles. The van der Waals surface area contributed by atoms with E-state index in [0.29, 0.717) is 0 Å². The minimum Gasteiger partial charge on any atom is -0.305 e. The Hall–Kier alpha value is -0.970. The molecule has 1 aromatic rings. The summed E-state index contributed by atoms with van der Waals surface area (Å²) in [6, 6.07) is 0. The zero-order chi connectivity index (χ0) is 10.0. The van der Waals surface area contributed by atoms with Gasteiger partial charge in [0.1, 0.15) is 0 Å². The van der Waals surface area contributed by atoms with Crippen LogP contribution in [0.5, 0.6) is 0 Å². The van der Waals surface area contributed by atoms with Crippen molar-refractivity contribution in [1.82, 2.24) is 25.5 Å². The van der Waals surface area contributed by atoms with E-state index in [9.17, 15) is 0 Å². The maximum Gasteiger partial charge on any atom is 0.194 e. The first-order chi connectivity index (χ1) is 6.77. The van der Waals surface area contributed by atoms with Crippen LogP contribution in [0.15, 0.2) is 0 Å². The Morgan fingerprint density at radius 1 is 1.57 bits per heavy atom. The molecule has 1 unspecified atom stereocenters. The molecule has 1 saturated heterocycles. The summed E-state index contributed by atoms with van der Waals surface area (Å²) in [5.74, 6) is 0.861. The second kappa shape index (κ2) is 3.65. The van der Waals surface area contributed by atoms with Crippen LogP contribution in [0.1, 0.15) is 38.4 Å². The summed E-state index contributed by atoms with van der Waals surface area (Å²) in [6.45, 7) is 3.26. The zero-order valence-corrected chi connectivity index (χ0v) is 8.82. The lowest BCUT2D eigenvalue weighted by Crippen LogP contribution is -2.37. The quantitative estimate of drug-likeness (QED) is 0.767. The van der Waals surface area contributed by atoms with Gasteiger partial charge in [0.05, 0.1) is 12.6 Å². The van der Waals surface area contributed by atoms with Crippen LogP contribution in [-0.4, -0.2) is 26.8 Å². The summed E-state index contributed by atoms with van der Waals surface area (Å²) in [5, 5.41) is 15.9. The summed E-state index contributed by atoms with van der Waals surface area (Å²) >= 11 is 0. The van der Waals surface area contributed by atoms with Crippen LogP contribution in [0, 0.1) is 0 Å². The third kappa shape index (κ3) is 1.52. The largest absolute Gasteiger partial charge is 0.305 e. The molecule has 1 aromatic heterocycles. The second-order valence-corrected chi connectivity index (χ2v) is 3.96. The Labute approximate surface area is 83.9 Å². The van der Waals surface area contributed by atoms with Crippen LogP contribution >= 0.6 is 0 Å². The van der Waals surface area contributed by atoms with Crippen molar-refractivity contribution in [3.63, 3.8) is 0 Å². The first kappa shape index (κ1) is 9.58. The van der Waals surface area contributed by atoms with Crippen molar-refractivity contribution in [2.24, 2.45) is 7.05 Å². The lowest BCUT2D eigenvalue weighted by Gasteiger charge is -2.24. The number of nitrogens with zero attached hydrogens (tertiary/aromatic N) is 4. The first-order valence-electron chi connectivity index (χ1n) is 5.26. The van der Waals surface area contributed by atoms with E-state index >= 15 is 0 Å². The van der Waals surface area contributed by atoms with Crippen LogP contribution in [0.25, 0.3) is 0 Å². The van der Waals surface area contributed by atoms with Gasteiger partial charge in [0.25, 0.3) is 0 Å². The summed E-state index contributed by atoms with van der Waals surface area (Å²) in [6.07, 6.45) is 4.58. The molecule has 5 nitrogen and oxygen atoms in total. The van der Waals surface area contributed by atoms with Crippen molar-refractivity contribution in [2.75, 3.05) is 6.54 Å². The number of aromatic nitrogens is 4. The first-order valence-corrected chi connectivity index (χ1v) is 5.26. The molecule has 0 spiro atoms.